The van der Waals surface area contributed by atoms with Gasteiger partial charge < -0.3 is 4.90 Å². The molecule has 0 bridgehead atoms. The van der Waals surface area contributed by atoms with Crippen molar-refractivity contribution in [2.45, 2.75) is 38.1 Å². The quantitative estimate of drug-likeness (QED) is 0.644. The molecule has 0 aliphatic heterocycles. The first-order valence-corrected chi connectivity index (χ1v) is 6.21. The SMILES string of the molecule is C=CCN(C(=O)C1CC2CC2C1)C1CC1. The molecule has 2 atom stereocenters. The van der Waals surface area contributed by atoms with Crippen molar-refractivity contribution in [2.24, 2.45) is 17.8 Å². The summed E-state index contributed by atoms with van der Waals surface area (Å²) in [7, 11) is 0. The lowest BCUT2D eigenvalue weighted by atomic mass is 10.0. The summed E-state index contributed by atoms with van der Waals surface area (Å²) in [6, 6.07) is 0.549. The average molecular weight is 205 g/mol. The van der Waals surface area contributed by atoms with Crippen molar-refractivity contribution in [3.05, 3.63) is 12.7 Å². The van der Waals surface area contributed by atoms with Crippen LogP contribution >= 0.6 is 0 Å². The fourth-order valence-corrected chi connectivity index (χ4v) is 3.10. The Balaban J connectivity index is 1.63. The summed E-state index contributed by atoms with van der Waals surface area (Å²) < 4.78 is 0. The molecule has 0 aromatic heterocycles. The van der Waals surface area contributed by atoms with Gasteiger partial charge in [0.2, 0.25) is 5.91 Å². The third kappa shape index (κ3) is 1.70. The van der Waals surface area contributed by atoms with Gasteiger partial charge in [0.25, 0.3) is 0 Å². The Labute approximate surface area is 91.3 Å². The molecular formula is C13H19NO. The van der Waals surface area contributed by atoms with Gasteiger partial charge in [-0.1, -0.05) is 6.08 Å². The Morgan fingerprint density at radius 3 is 2.47 bits per heavy atom. The van der Waals surface area contributed by atoms with E-state index in [1.54, 1.807) is 0 Å². The van der Waals surface area contributed by atoms with Crippen molar-refractivity contribution < 1.29 is 4.79 Å². The van der Waals surface area contributed by atoms with Crippen LogP contribution in [0.1, 0.15) is 32.1 Å². The predicted molar refractivity (Wildman–Crippen MR) is 59.3 cm³/mol. The number of fused-ring (bicyclic) bond motifs is 1. The van der Waals surface area contributed by atoms with Crippen LogP contribution in [0.5, 0.6) is 0 Å². The molecule has 0 aromatic rings. The van der Waals surface area contributed by atoms with Gasteiger partial charge in [-0.05, 0) is 43.9 Å². The van der Waals surface area contributed by atoms with Crippen LogP contribution in [0.3, 0.4) is 0 Å². The maximum atomic E-state index is 12.3. The fourth-order valence-electron chi connectivity index (χ4n) is 3.10. The van der Waals surface area contributed by atoms with Crippen LogP contribution in [-0.2, 0) is 4.79 Å². The molecule has 0 heterocycles. The highest BCUT2D eigenvalue weighted by Gasteiger charge is 2.49. The maximum absolute atomic E-state index is 12.3. The van der Waals surface area contributed by atoms with E-state index in [-0.39, 0.29) is 0 Å². The molecule has 3 aliphatic carbocycles. The number of hydrogen-bond donors (Lipinski definition) is 0. The van der Waals surface area contributed by atoms with E-state index < -0.39 is 0 Å². The summed E-state index contributed by atoms with van der Waals surface area (Å²) >= 11 is 0. The zero-order valence-electron chi connectivity index (χ0n) is 9.19. The van der Waals surface area contributed by atoms with Crippen molar-refractivity contribution in [2.75, 3.05) is 6.54 Å². The number of amides is 1. The molecule has 3 rings (SSSR count). The molecule has 0 saturated heterocycles. The highest BCUT2D eigenvalue weighted by Crippen LogP contribution is 2.54. The Morgan fingerprint density at radius 1 is 1.27 bits per heavy atom. The number of nitrogens with zero attached hydrogens (tertiary/aromatic N) is 1. The molecular weight excluding hydrogens is 186 g/mol. The minimum atomic E-state index is 0.356. The van der Waals surface area contributed by atoms with Crippen molar-refractivity contribution in [1.82, 2.24) is 4.90 Å². The molecule has 0 spiro atoms. The van der Waals surface area contributed by atoms with Gasteiger partial charge in [0, 0.05) is 18.5 Å². The lowest BCUT2D eigenvalue weighted by Gasteiger charge is -2.24. The number of hydrogen-bond acceptors (Lipinski definition) is 1. The number of carbonyl (C=O) groups excluding carboxylic acids is 1. The molecule has 0 N–H and O–H groups in total. The standard InChI is InChI=1S/C13H19NO/c1-2-5-14(12-3-4-12)13(15)11-7-9-6-10(9)8-11/h2,9-12H,1,3-8H2. The zero-order valence-corrected chi connectivity index (χ0v) is 9.19. The molecule has 2 unspecified atom stereocenters. The Morgan fingerprint density at radius 2 is 1.93 bits per heavy atom. The van der Waals surface area contributed by atoms with E-state index in [4.69, 9.17) is 0 Å². The molecule has 3 fully saturated rings. The van der Waals surface area contributed by atoms with Crippen molar-refractivity contribution in [3.8, 4) is 0 Å². The minimum Gasteiger partial charge on any atom is -0.336 e. The molecule has 82 valence electrons. The molecule has 2 heteroatoms. The molecule has 2 nitrogen and oxygen atoms in total. The Kier molecular flexibility index (Phi) is 2.11. The first-order chi connectivity index (χ1) is 7.29. The second kappa shape index (κ2) is 3.36. The van der Waals surface area contributed by atoms with Gasteiger partial charge >= 0.3 is 0 Å². The van der Waals surface area contributed by atoms with E-state index in [9.17, 15) is 4.79 Å². The van der Waals surface area contributed by atoms with E-state index in [1.165, 1.54) is 32.1 Å². The third-order valence-corrected chi connectivity index (χ3v) is 4.19. The average Bonchev–Trinajstić information content (AvgIpc) is 3.15. The maximum Gasteiger partial charge on any atom is 0.226 e. The highest BCUT2D eigenvalue weighted by molar-refractivity contribution is 5.80. The molecule has 1 amide bonds. The first kappa shape index (κ1) is 9.44. The van der Waals surface area contributed by atoms with Crippen LogP contribution in [0.4, 0.5) is 0 Å². The second-order valence-corrected chi connectivity index (χ2v) is 5.43. The number of carbonyl (C=O) groups is 1. The van der Waals surface area contributed by atoms with Crippen LogP contribution in [-0.4, -0.2) is 23.4 Å². The summed E-state index contributed by atoms with van der Waals surface area (Å²) in [5, 5.41) is 0. The second-order valence-electron chi connectivity index (χ2n) is 5.43. The van der Waals surface area contributed by atoms with Gasteiger partial charge in [0.1, 0.15) is 0 Å². The van der Waals surface area contributed by atoms with Crippen LogP contribution in [0.15, 0.2) is 12.7 Å². The number of rotatable bonds is 4. The van der Waals surface area contributed by atoms with Gasteiger partial charge in [-0.3, -0.25) is 4.79 Å². The largest absolute Gasteiger partial charge is 0.336 e. The van der Waals surface area contributed by atoms with E-state index in [0.29, 0.717) is 17.9 Å². The lowest BCUT2D eigenvalue weighted by molar-refractivity contribution is -0.135. The van der Waals surface area contributed by atoms with Crippen molar-refractivity contribution in [3.63, 3.8) is 0 Å². The van der Waals surface area contributed by atoms with E-state index in [2.05, 4.69) is 11.5 Å². The monoisotopic (exact) mass is 205 g/mol. The zero-order chi connectivity index (χ0) is 10.4. The van der Waals surface area contributed by atoms with Gasteiger partial charge in [0.05, 0.1) is 0 Å². The van der Waals surface area contributed by atoms with Crippen LogP contribution in [0, 0.1) is 17.8 Å². The first-order valence-electron chi connectivity index (χ1n) is 6.21. The minimum absolute atomic E-state index is 0.356. The summed E-state index contributed by atoms with van der Waals surface area (Å²) in [6.07, 6.45) is 8.02. The van der Waals surface area contributed by atoms with E-state index in [1.807, 2.05) is 6.08 Å². The molecule has 0 radical (unpaired) electrons. The summed E-state index contributed by atoms with van der Waals surface area (Å²) in [4.78, 5) is 14.3. The van der Waals surface area contributed by atoms with Gasteiger partial charge in [-0.25, -0.2) is 0 Å². The molecule has 15 heavy (non-hydrogen) atoms. The van der Waals surface area contributed by atoms with Gasteiger partial charge in [-0.15, -0.1) is 6.58 Å². The summed E-state index contributed by atoms with van der Waals surface area (Å²) in [5.41, 5.74) is 0. The molecule has 0 aromatic carbocycles. The van der Waals surface area contributed by atoms with Gasteiger partial charge in [0.15, 0.2) is 0 Å². The Hall–Kier alpha value is -0.790. The van der Waals surface area contributed by atoms with E-state index >= 15 is 0 Å². The van der Waals surface area contributed by atoms with Crippen molar-refractivity contribution >= 4 is 5.91 Å². The Bertz CT molecular complexity index is 285. The third-order valence-electron chi connectivity index (χ3n) is 4.19. The van der Waals surface area contributed by atoms with Gasteiger partial charge in [-0.2, -0.15) is 0 Å². The predicted octanol–water partition coefficient (Wildman–Crippen LogP) is 2.21. The fraction of sp³-hybridized carbons (Fsp3) is 0.769. The molecule has 3 saturated carbocycles. The summed E-state index contributed by atoms with van der Waals surface area (Å²) in [5.74, 6) is 2.59. The highest BCUT2D eigenvalue weighted by atomic mass is 16.2. The van der Waals surface area contributed by atoms with Crippen LogP contribution < -0.4 is 0 Å². The van der Waals surface area contributed by atoms with Crippen molar-refractivity contribution in [1.29, 1.82) is 0 Å². The topological polar surface area (TPSA) is 20.3 Å². The van der Waals surface area contributed by atoms with E-state index in [0.717, 1.165) is 18.4 Å². The molecule has 3 aliphatic rings. The summed E-state index contributed by atoms with van der Waals surface area (Å²) in [6.45, 7) is 4.51. The normalized spacial score (nSPS) is 37.2. The van der Waals surface area contributed by atoms with Crippen LogP contribution in [0.25, 0.3) is 0 Å². The lowest BCUT2D eigenvalue weighted by Crippen LogP contribution is -2.37. The smallest absolute Gasteiger partial charge is 0.226 e. The van der Waals surface area contributed by atoms with Crippen LogP contribution in [0.2, 0.25) is 0 Å².